The highest BCUT2D eigenvalue weighted by Gasteiger charge is 2.34. The van der Waals surface area contributed by atoms with Crippen molar-refractivity contribution in [3.8, 4) is 0 Å². The van der Waals surface area contributed by atoms with E-state index in [-0.39, 0.29) is 12.3 Å². The molecule has 6 atom stereocenters. The Morgan fingerprint density at radius 2 is 1.61 bits per heavy atom. The van der Waals surface area contributed by atoms with Crippen LogP contribution < -0.4 is 27.4 Å². The number of amides is 4. The molecule has 4 amide bonds. The summed E-state index contributed by atoms with van der Waals surface area (Å²) < 4.78 is 0. The van der Waals surface area contributed by atoms with Crippen molar-refractivity contribution in [1.29, 1.82) is 0 Å². The van der Waals surface area contributed by atoms with E-state index in [0.29, 0.717) is 12.0 Å². The minimum absolute atomic E-state index is 0.0301. The smallest absolute Gasteiger partial charge is 0.326 e. The molecule has 0 fully saturated rings. The Labute approximate surface area is 219 Å². The number of primary amides is 1. The number of aliphatic hydroxyl groups is 1. The second-order valence-corrected chi connectivity index (χ2v) is 9.33. The minimum atomic E-state index is -1.66. The number of H-pyrrole nitrogens is 1. The molecule has 0 aliphatic heterocycles. The summed E-state index contributed by atoms with van der Waals surface area (Å²) in [6.45, 7) is 4.90. The molecular formula is C25H36N6O7. The largest absolute Gasteiger partial charge is 0.480 e. The van der Waals surface area contributed by atoms with Crippen molar-refractivity contribution in [3.05, 3.63) is 36.0 Å². The van der Waals surface area contributed by atoms with Gasteiger partial charge in [-0.3, -0.25) is 19.2 Å². The zero-order valence-electron chi connectivity index (χ0n) is 21.6. The van der Waals surface area contributed by atoms with Crippen LogP contribution in [0.25, 0.3) is 10.9 Å². The van der Waals surface area contributed by atoms with E-state index in [1.165, 1.54) is 6.92 Å². The van der Waals surface area contributed by atoms with Gasteiger partial charge in [-0.05, 0) is 24.5 Å². The fraction of sp³-hybridized carbons (Fsp3) is 0.480. The van der Waals surface area contributed by atoms with Crippen LogP contribution in [0.4, 0.5) is 0 Å². The van der Waals surface area contributed by atoms with Crippen LogP contribution in [0.3, 0.4) is 0 Å². The standard InChI is InChI=1S/C25H36N6O7/c1-4-12(2)20(27)23(35)29-17(9-14-11-28-16-8-6-5-7-15(14)16)22(34)31-21(13(3)32)24(36)30-18(25(37)38)10-19(26)33/h5-8,11-13,17-18,20-21,28,32H,4,9-10,27H2,1-3H3,(H2,26,33)(H,29,35)(H,30,36)(H,31,34)(H,37,38). The van der Waals surface area contributed by atoms with Crippen LogP contribution >= 0.6 is 0 Å². The number of aliphatic carboxylic acids is 1. The summed E-state index contributed by atoms with van der Waals surface area (Å²) in [6.07, 6.45) is 0.227. The zero-order chi connectivity index (χ0) is 28.6. The molecule has 10 N–H and O–H groups in total. The number of carboxylic acids is 1. The number of carbonyl (C=O) groups excluding carboxylic acids is 4. The average molecular weight is 533 g/mol. The van der Waals surface area contributed by atoms with E-state index in [0.717, 1.165) is 10.9 Å². The molecule has 0 aliphatic carbocycles. The number of nitrogens with one attached hydrogen (secondary N) is 4. The van der Waals surface area contributed by atoms with Gasteiger partial charge >= 0.3 is 5.97 Å². The predicted molar refractivity (Wildman–Crippen MR) is 138 cm³/mol. The lowest BCUT2D eigenvalue weighted by Crippen LogP contribution is -2.60. The summed E-state index contributed by atoms with van der Waals surface area (Å²) in [5.74, 6) is -5.06. The van der Waals surface area contributed by atoms with E-state index in [9.17, 15) is 34.2 Å². The number of fused-ring (bicyclic) bond motifs is 1. The molecule has 208 valence electrons. The van der Waals surface area contributed by atoms with Crippen LogP contribution in [0.1, 0.15) is 39.2 Å². The van der Waals surface area contributed by atoms with Crippen molar-refractivity contribution in [3.63, 3.8) is 0 Å². The second kappa shape index (κ2) is 13.5. The number of hydrogen-bond acceptors (Lipinski definition) is 7. The SMILES string of the molecule is CCC(C)C(N)C(=O)NC(Cc1c[nH]c2ccccc12)C(=O)NC(C(=O)NC(CC(N)=O)C(=O)O)C(C)O. The Morgan fingerprint density at radius 3 is 2.18 bits per heavy atom. The zero-order valence-corrected chi connectivity index (χ0v) is 21.6. The monoisotopic (exact) mass is 532 g/mol. The molecule has 1 aromatic carbocycles. The molecule has 1 aromatic heterocycles. The molecule has 13 nitrogen and oxygen atoms in total. The Morgan fingerprint density at radius 1 is 0.974 bits per heavy atom. The number of benzene rings is 1. The fourth-order valence-corrected chi connectivity index (χ4v) is 3.83. The van der Waals surface area contributed by atoms with Gasteiger partial charge in [-0.25, -0.2) is 4.79 Å². The molecular weight excluding hydrogens is 496 g/mol. The lowest BCUT2D eigenvalue weighted by molar-refractivity contribution is -0.144. The number of rotatable bonds is 14. The van der Waals surface area contributed by atoms with Crippen molar-refractivity contribution in [2.75, 3.05) is 0 Å². The Balaban J connectivity index is 2.30. The first-order valence-electron chi connectivity index (χ1n) is 12.3. The van der Waals surface area contributed by atoms with Crippen molar-refractivity contribution in [2.24, 2.45) is 17.4 Å². The van der Waals surface area contributed by atoms with Gasteiger partial charge in [0, 0.05) is 23.5 Å². The Kier molecular flexibility index (Phi) is 10.8. The lowest BCUT2D eigenvalue weighted by Gasteiger charge is -2.27. The molecule has 1 heterocycles. The van der Waals surface area contributed by atoms with Gasteiger partial charge in [-0.2, -0.15) is 0 Å². The van der Waals surface area contributed by atoms with E-state index >= 15 is 0 Å². The molecule has 0 saturated heterocycles. The van der Waals surface area contributed by atoms with Crippen LogP contribution in [-0.4, -0.2) is 75.1 Å². The van der Waals surface area contributed by atoms with Gasteiger partial charge < -0.3 is 42.6 Å². The highest BCUT2D eigenvalue weighted by atomic mass is 16.4. The van der Waals surface area contributed by atoms with Gasteiger partial charge in [0.2, 0.25) is 23.6 Å². The summed E-state index contributed by atoms with van der Waals surface area (Å²) in [4.78, 5) is 64.7. The molecule has 2 rings (SSSR count). The third-order valence-electron chi connectivity index (χ3n) is 6.37. The second-order valence-electron chi connectivity index (χ2n) is 9.33. The van der Waals surface area contributed by atoms with Crippen LogP contribution in [0.2, 0.25) is 0 Å². The van der Waals surface area contributed by atoms with E-state index in [1.54, 1.807) is 13.1 Å². The molecule has 0 aliphatic rings. The van der Waals surface area contributed by atoms with Gasteiger partial charge in [0.05, 0.1) is 18.6 Å². The van der Waals surface area contributed by atoms with Crippen molar-refractivity contribution in [2.45, 2.75) is 70.3 Å². The van der Waals surface area contributed by atoms with Gasteiger partial charge in [0.1, 0.15) is 18.1 Å². The quantitative estimate of drug-likeness (QED) is 0.148. The van der Waals surface area contributed by atoms with Gasteiger partial charge in [-0.15, -0.1) is 0 Å². The third kappa shape index (κ3) is 8.02. The summed E-state index contributed by atoms with van der Waals surface area (Å²) in [5.41, 5.74) is 12.6. The highest BCUT2D eigenvalue weighted by molar-refractivity contribution is 5.95. The number of carboxylic acid groups (broad SMARTS) is 1. The molecule has 2 aromatic rings. The Hall–Kier alpha value is -3.97. The van der Waals surface area contributed by atoms with Crippen LogP contribution in [-0.2, 0) is 30.4 Å². The van der Waals surface area contributed by atoms with Crippen molar-refractivity contribution < 1.29 is 34.2 Å². The van der Waals surface area contributed by atoms with Gasteiger partial charge in [0.15, 0.2) is 0 Å². The minimum Gasteiger partial charge on any atom is -0.480 e. The number of aromatic amines is 1. The number of carbonyl (C=O) groups is 5. The lowest BCUT2D eigenvalue weighted by atomic mass is 9.98. The van der Waals surface area contributed by atoms with E-state index < -0.39 is 66.3 Å². The number of aliphatic hydroxyl groups excluding tert-OH is 1. The molecule has 13 heteroatoms. The van der Waals surface area contributed by atoms with Crippen LogP contribution in [0.15, 0.2) is 30.5 Å². The first-order chi connectivity index (χ1) is 17.8. The summed E-state index contributed by atoms with van der Waals surface area (Å²) in [5, 5.41) is 27.4. The summed E-state index contributed by atoms with van der Waals surface area (Å²) in [6, 6.07) is 2.03. The van der Waals surface area contributed by atoms with Crippen molar-refractivity contribution >= 4 is 40.5 Å². The van der Waals surface area contributed by atoms with Gasteiger partial charge in [-0.1, -0.05) is 38.5 Å². The van der Waals surface area contributed by atoms with Crippen molar-refractivity contribution in [1.82, 2.24) is 20.9 Å². The molecule has 0 saturated carbocycles. The topological polar surface area (TPSA) is 230 Å². The van der Waals surface area contributed by atoms with Crippen LogP contribution in [0, 0.1) is 5.92 Å². The molecule has 38 heavy (non-hydrogen) atoms. The third-order valence-corrected chi connectivity index (χ3v) is 6.37. The first-order valence-corrected chi connectivity index (χ1v) is 12.3. The number of aromatic nitrogens is 1. The van der Waals surface area contributed by atoms with Gasteiger partial charge in [0.25, 0.3) is 0 Å². The molecule has 6 unspecified atom stereocenters. The van der Waals surface area contributed by atoms with E-state index in [1.807, 2.05) is 31.2 Å². The molecule has 0 spiro atoms. The number of nitrogens with two attached hydrogens (primary N) is 2. The first kappa shape index (κ1) is 30.3. The normalized spacial score (nSPS) is 15.9. The van der Waals surface area contributed by atoms with E-state index in [4.69, 9.17) is 11.5 Å². The average Bonchev–Trinajstić information content (AvgIpc) is 3.27. The molecule has 0 radical (unpaired) electrons. The number of para-hydroxylation sites is 1. The highest BCUT2D eigenvalue weighted by Crippen LogP contribution is 2.19. The number of hydrogen-bond donors (Lipinski definition) is 8. The maximum absolute atomic E-state index is 13.4. The maximum Gasteiger partial charge on any atom is 0.326 e. The van der Waals surface area contributed by atoms with Crippen LogP contribution in [0.5, 0.6) is 0 Å². The fourth-order valence-electron chi connectivity index (χ4n) is 3.83. The Bertz CT molecular complexity index is 1160. The summed E-state index contributed by atoms with van der Waals surface area (Å²) >= 11 is 0. The maximum atomic E-state index is 13.4. The molecule has 0 bridgehead atoms. The van der Waals surface area contributed by atoms with E-state index in [2.05, 4.69) is 20.9 Å². The summed E-state index contributed by atoms with van der Waals surface area (Å²) in [7, 11) is 0. The predicted octanol–water partition coefficient (Wildman–Crippen LogP) is -1.12.